The summed E-state index contributed by atoms with van der Waals surface area (Å²) < 4.78 is 47.9. The molecule has 0 saturated carbocycles. The molecule has 0 spiro atoms. The van der Waals surface area contributed by atoms with E-state index in [0.717, 1.165) is 77.9 Å². The van der Waals surface area contributed by atoms with Crippen molar-refractivity contribution in [3.63, 3.8) is 0 Å². The predicted octanol–water partition coefficient (Wildman–Crippen LogP) is 15.4. The highest BCUT2D eigenvalue weighted by Crippen LogP contribution is 2.41. The van der Waals surface area contributed by atoms with E-state index in [2.05, 4.69) is 138 Å². The number of fused-ring (bicyclic) bond motifs is 3. The van der Waals surface area contributed by atoms with Crippen LogP contribution in [0.3, 0.4) is 0 Å². The van der Waals surface area contributed by atoms with Crippen molar-refractivity contribution in [2.75, 3.05) is 4.90 Å². The molecule has 0 amide bonds. The molecule has 10 rings (SSSR count). The Kier molecular flexibility index (Phi) is 7.24. The lowest BCUT2D eigenvalue weighted by atomic mass is 9.91. The van der Waals surface area contributed by atoms with Gasteiger partial charge in [-0.25, -0.2) is 0 Å². The van der Waals surface area contributed by atoms with Crippen LogP contribution >= 0.6 is 0 Å². The van der Waals surface area contributed by atoms with E-state index in [1.165, 1.54) is 5.56 Å². The van der Waals surface area contributed by atoms with Crippen LogP contribution in [0.5, 0.6) is 0 Å². The van der Waals surface area contributed by atoms with Crippen molar-refractivity contribution in [2.24, 2.45) is 0 Å². The Labute approximate surface area is 334 Å². The normalized spacial score (nSPS) is 12.5. The van der Waals surface area contributed by atoms with Crippen LogP contribution in [0.25, 0.3) is 77.6 Å². The minimum absolute atomic E-state index is 0.172. The number of hydrogen-bond donors (Lipinski definition) is 0. The fraction of sp³-hybridized carbons (Fsp3) is 0. The Morgan fingerprint density at radius 1 is 0.321 bits per heavy atom. The molecule has 0 bridgehead atoms. The summed E-state index contributed by atoms with van der Waals surface area (Å²) in [5.74, 6) is 0. The Bertz CT molecular complexity index is 3210. The Morgan fingerprint density at radius 2 is 0.857 bits per heavy atom. The number of rotatable bonds is 8. The number of hydrogen-bond acceptors (Lipinski definition) is 2. The van der Waals surface area contributed by atoms with Crippen LogP contribution in [-0.2, 0) is 0 Å². The van der Waals surface area contributed by atoms with Crippen molar-refractivity contribution >= 4 is 39.0 Å². The summed E-state index contributed by atoms with van der Waals surface area (Å²) in [6.45, 7) is 0. The fourth-order valence-electron chi connectivity index (χ4n) is 7.60. The molecular formula is C54H37NO. The Balaban J connectivity index is 1.07. The number of para-hydroxylation sites is 1. The molecule has 56 heavy (non-hydrogen) atoms. The molecule has 1 aromatic heterocycles. The molecule has 0 aliphatic heterocycles. The molecule has 9 aromatic carbocycles. The summed E-state index contributed by atoms with van der Waals surface area (Å²) in [6, 6.07) is 64.9. The average molecular weight is 721 g/mol. The zero-order chi connectivity index (χ0) is 41.6. The van der Waals surface area contributed by atoms with Crippen molar-refractivity contribution in [1.29, 1.82) is 0 Å². The second-order valence-corrected chi connectivity index (χ2v) is 13.8. The molecular weight excluding hydrogens is 679 g/mol. The summed E-state index contributed by atoms with van der Waals surface area (Å²) in [5, 5.41) is 2.13. The molecule has 0 atom stereocenters. The lowest BCUT2D eigenvalue weighted by molar-refractivity contribution is 0.669. The zero-order valence-corrected chi connectivity index (χ0v) is 30.3. The van der Waals surface area contributed by atoms with Gasteiger partial charge in [0.2, 0.25) is 0 Å². The van der Waals surface area contributed by atoms with Crippen molar-refractivity contribution in [1.82, 2.24) is 0 Å². The molecule has 10 aromatic rings. The summed E-state index contributed by atoms with van der Waals surface area (Å²) >= 11 is 0. The number of nitrogens with zero attached hydrogens (tertiary/aromatic N) is 1. The maximum Gasteiger partial charge on any atom is 0.135 e. The van der Waals surface area contributed by atoms with Gasteiger partial charge >= 0.3 is 0 Å². The molecule has 0 aliphatic rings. The van der Waals surface area contributed by atoms with Gasteiger partial charge in [-0.3, -0.25) is 0 Å². The van der Waals surface area contributed by atoms with Crippen LogP contribution in [0, 0.1) is 0 Å². The molecule has 2 heteroatoms. The summed E-state index contributed by atoms with van der Waals surface area (Å²) in [4.78, 5) is 2.18. The minimum Gasteiger partial charge on any atom is -0.456 e. The molecule has 2 nitrogen and oxygen atoms in total. The van der Waals surface area contributed by atoms with Crippen LogP contribution in [0.2, 0.25) is 0 Å². The number of furan rings is 1. The highest BCUT2D eigenvalue weighted by Gasteiger charge is 2.16. The van der Waals surface area contributed by atoms with E-state index < -0.39 is 6.04 Å². The van der Waals surface area contributed by atoms with E-state index in [4.69, 9.17) is 11.3 Å². The van der Waals surface area contributed by atoms with Crippen LogP contribution < -0.4 is 4.90 Å². The standard InChI is InChI=1S/C54H37NO/c1-4-13-38(14-5-1)39-23-29-46(30-24-39)55(48-20-12-19-43(35-48)45-28-34-54-52(37-45)50-21-10-11-22-53(50)56-54)47-31-25-40(26-32-47)44-27-33-49(41-15-6-2-7-16-41)51(36-44)42-17-8-3-9-18-42/h1-37H/i1D,4D,5D,13D,14D. The first-order valence-electron chi connectivity index (χ1n) is 21.2. The second-order valence-electron chi connectivity index (χ2n) is 13.8. The summed E-state index contributed by atoms with van der Waals surface area (Å²) in [6.07, 6.45) is 0. The quantitative estimate of drug-likeness (QED) is 0.155. The summed E-state index contributed by atoms with van der Waals surface area (Å²) in [5.41, 5.74) is 14.0. The van der Waals surface area contributed by atoms with Gasteiger partial charge in [-0.1, -0.05) is 164 Å². The minimum atomic E-state index is -0.409. The van der Waals surface area contributed by atoms with Gasteiger partial charge in [-0.05, 0) is 116 Å². The van der Waals surface area contributed by atoms with Gasteiger partial charge in [0.25, 0.3) is 0 Å². The smallest absolute Gasteiger partial charge is 0.135 e. The fourth-order valence-corrected chi connectivity index (χ4v) is 7.60. The van der Waals surface area contributed by atoms with Gasteiger partial charge in [0.15, 0.2) is 0 Å². The third-order valence-corrected chi connectivity index (χ3v) is 10.4. The van der Waals surface area contributed by atoms with Crippen molar-refractivity contribution < 1.29 is 11.3 Å². The topological polar surface area (TPSA) is 16.4 Å². The molecule has 1 heterocycles. The first-order valence-corrected chi connectivity index (χ1v) is 18.7. The monoisotopic (exact) mass is 720 g/mol. The van der Waals surface area contributed by atoms with Gasteiger partial charge in [0.05, 0.1) is 6.85 Å². The molecule has 0 unspecified atom stereocenters. The second kappa shape index (κ2) is 14.4. The predicted molar refractivity (Wildman–Crippen MR) is 236 cm³/mol. The molecule has 0 radical (unpaired) electrons. The van der Waals surface area contributed by atoms with E-state index in [0.29, 0.717) is 5.56 Å². The van der Waals surface area contributed by atoms with Crippen molar-refractivity contribution in [2.45, 2.75) is 0 Å². The van der Waals surface area contributed by atoms with E-state index in [9.17, 15) is 0 Å². The van der Waals surface area contributed by atoms with Gasteiger partial charge in [-0.15, -0.1) is 0 Å². The molecule has 0 aliphatic carbocycles. The van der Waals surface area contributed by atoms with Crippen molar-refractivity contribution in [3.8, 4) is 55.6 Å². The lowest BCUT2D eigenvalue weighted by Crippen LogP contribution is -2.10. The first kappa shape index (κ1) is 28.1. The summed E-state index contributed by atoms with van der Waals surface area (Å²) in [7, 11) is 0. The SMILES string of the molecule is [2H]c1c([2H])c([2H])c(-c2ccc(N(c3ccc(-c4ccc(-c5ccccc5)c(-c5ccccc5)c4)cc3)c3cccc(-c4ccc5oc6ccccc6c5c4)c3)cc2)c([2H])c1[2H]. The highest BCUT2D eigenvalue weighted by molar-refractivity contribution is 6.06. The van der Waals surface area contributed by atoms with Crippen LogP contribution in [-0.4, -0.2) is 0 Å². The van der Waals surface area contributed by atoms with Crippen LogP contribution in [0.15, 0.2) is 229 Å². The Morgan fingerprint density at radius 3 is 1.57 bits per heavy atom. The van der Waals surface area contributed by atoms with Crippen LogP contribution in [0.4, 0.5) is 17.1 Å². The Hall–Kier alpha value is -7.42. The third kappa shape index (κ3) is 6.34. The molecule has 0 N–H and O–H groups in total. The third-order valence-electron chi connectivity index (χ3n) is 10.4. The largest absolute Gasteiger partial charge is 0.456 e. The van der Waals surface area contributed by atoms with E-state index >= 15 is 0 Å². The van der Waals surface area contributed by atoms with E-state index in [-0.39, 0.29) is 29.7 Å². The van der Waals surface area contributed by atoms with Crippen LogP contribution in [0.1, 0.15) is 6.85 Å². The van der Waals surface area contributed by atoms with Crippen molar-refractivity contribution in [3.05, 3.63) is 224 Å². The zero-order valence-electron chi connectivity index (χ0n) is 35.3. The van der Waals surface area contributed by atoms with Gasteiger partial charge in [0.1, 0.15) is 11.2 Å². The average Bonchev–Trinajstić information content (AvgIpc) is 3.70. The molecule has 0 saturated heterocycles. The van der Waals surface area contributed by atoms with Gasteiger partial charge < -0.3 is 9.32 Å². The lowest BCUT2D eigenvalue weighted by Gasteiger charge is -2.26. The first-order chi connectivity index (χ1) is 29.8. The maximum absolute atomic E-state index is 8.59. The number of anilines is 3. The highest BCUT2D eigenvalue weighted by atomic mass is 16.3. The molecule has 264 valence electrons. The van der Waals surface area contributed by atoms with E-state index in [1.807, 2.05) is 60.7 Å². The van der Waals surface area contributed by atoms with E-state index in [1.54, 1.807) is 0 Å². The van der Waals surface area contributed by atoms with Gasteiger partial charge in [0, 0.05) is 27.8 Å². The molecule has 0 fully saturated rings. The van der Waals surface area contributed by atoms with Gasteiger partial charge in [-0.2, -0.15) is 0 Å². The number of benzene rings is 9. The maximum atomic E-state index is 8.59.